The minimum atomic E-state index is -0.920. The minimum Gasteiger partial charge on any atom is -0.390 e. The molecule has 0 saturated carbocycles. The van der Waals surface area contributed by atoms with E-state index in [1.807, 2.05) is 0 Å². The lowest BCUT2D eigenvalue weighted by Crippen LogP contribution is -2.12. The van der Waals surface area contributed by atoms with E-state index in [1.165, 1.54) is 128 Å². The zero-order valence-corrected chi connectivity index (χ0v) is 30.6. The topological polar surface area (TPSA) is 86.7 Å². The van der Waals surface area contributed by atoms with Crippen LogP contribution in [-0.4, -0.2) is 23.9 Å². The molecule has 0 spiro atoms. The van der Waals surface area contributed by atoms with Crippen molar-refractivity contribution in [2.75, 3.05) is 0 Å². The van der Waals surface area contributed by atoms with Crippen LogP contribution < -0.4 is 0 Å². The van der Waals surface area contributed by atoms with Crippen molar-refractivity contribution in [2.45, 2.75) is 207 Å². The molecule has 0 N–H and O–H groups in total. The van der Waals surface area contributed by atoms with Crippen molar-refractivity contribution in [3.05, 3.63) is 12.2 Å². The van der Waals surface area contributed by atoms with Gasteiger partial charge in [-0.3, -0.25) is 9.59 Å². The lowest BCUT2D eigenvalue weighted by molar-refractivity contribution is -0.159. The monoisotopic (exact) mass is 649 g/mol. The molecule has 0 aliphatic rings. The third-order valence-corrected chi connectivity index (χ3v) is 8.61. The molecule has 0 aromatic rings. The summed E-state index contributed by atoms with van der Waals surface area (Å²) >= 11 is 0. The number of unbranched alkanes of at least 4 members (excludes halogenated alkanes) is 22. The van der Waals surface area contributed by atoms with Gasteiger partial charge in [0.2, 0.25) is 0 Å². The molecule has 0 rings (SSSR count). The highest BCUT2D eigenvalue weighted by Crippen LogP contribution is 2.16. The SMILES string of the molecule is CC(C)CCCCCCCCCCCCCCC(=O)OC(=O)/C=C\C(=O)OC(=O)CCCCCCCCCCCCCCC(C)C. The van der Waals surface area contributed by atoms with Gasteiger partial charge in [-0.05, 0) is 24.7 Å². The van der Waals surface area contributed by atoms with Crippen LogP contribution in [-0.2, 0) is 28.7 Å². The van der Waals surface area contributed by atoms with E-state index in [9.17, 15) is 19.2 Å². The average Bonchev–Trinajstić information content (AvgIpc) is 3.00. The van der Waals surface area contributed by atoms with Crippen LogP contribution in [0.4, 0.5) is 0 Å². The Morgan fingerprint density at radius 3 is 0.826 bits per heavy atom. The summed E-state index contributed by atoms with van der Waals surface area (Å²) in [6.45, 7) is 9.17. The van der Waals surface area contributed by atoms with E-state index in [2.05, 4.69) is 27.7 Å². The highest BCUT2D eigenvalue weighted by Gasteiger charge is 2.11. The smallest absolute Gasteiger partial charge is 0.338 e. The second-order valence-corrected chi connectivity index (χ2v) is 14.3. The Balaban J connectivity index is 3.58. The molecular formula is C40H72O6. The fraction of sp³-hybridized carbons (Fsp3) is 0.850. The first-order chi connectivity index (χ1) is 22.2. The molecule has 0 fully saturated rings. The van der Waals surface area contributed by atoms with Crippen molar-refractivity contribution in [2.24, 2.45) is 11.8 Å². The van der Waals surface area contributed by atoms with Crippen LogP contribution in [0.25, 0.3) is 0 Å². The van der Waals surface area contributed by atoms with Gasteiger partial charge < -0.3 is 9.47 Å². The summed E-state index contributed by atoms with van der Waals surface area (Å²) in [4.78, 5) is 47.4. The fourth-order valence-corrected chi connectivity index (χ4v) is 5.71. The number of rotatable bonds is 32. The Hall–Kier alpha value is -1.98. The summed E-state index contributed by atoms with van der Waals surface area (Å²) in [5.41, 5.74) is 0. The Kier molecular flexibility index (Phi) is 31.5. The normalized spacial score (nSPS) is 11.5. The van der Waals surface area contributed by atoms with Gasteiger partial charge in [0.05, 0.1) is 0 Å². The van der Waals surface area contributed by atoms with E-state index in [4.69, 9.17) is 9.47 Å². The number of hydrogen-bond donors (Lipinski definition) is 0. The first kappa shape index (κ1) is 44.0. The number of carbonyl (C=O) groups is 4. The molecule has 0 atom stereocenters. The van der Waals surface area contributed by atoms with Crippen LogP contribution in [0.2, 0.25) is 0 Å². The molecule has 6 heteroatoms. The Labute approximate surface area is 283 Å². The number of ether oxygens (including phenoxy) is 2. The van der Waals surface area contributed by atoms with Crippen LogP contribution in [0.1, 0.15) is 207 Å². The molecule has 0 aliphatic heterocycles. The molecule has 6 nitrogen and oxygen atoms in total. The molecule has 0 saturated heterocycles. The van der Waals surface area contributed by atoms with Gasteiger partial charge in [0, 0.05) is 25.0 Å². The lowest BCUT2D eigenvalue weighted by atomic mass is 10.0. The van der Waals surface area contributed by atoms with Gasteiger partial charge >= 0.3 is 23.9 Å². The summed E-state index contributed by atoms with van der Waals surface area (Å²) in [6.07, 6.45) is 33.7. The maximum absolute atomic E-state index is 11.9. The maximum atomic E-state index is 11.9. The van der Waals surface area contributed by atoms with Crippen molar-refractivity contribution >= 4 is 23.9 Å². The Morgan fingerprint density at radius 2 is 0.587 bits per heavy atom. The van der Waals surface area contributed by atoms with E-state index in [-0.39, 0.29) is 12.8 Å². The molecule has 0 aromatic carbocycles. The van der Waals surface area contributed by atoms with E-state index >= 15 is 0 Å². The highest BCUT2D eigenvalue weighted by atomic mass is 16.6. The molecule has 268 valence electrons. The second-order valence-electron chi connectivity index (χ2n) is 14.3. The Morgan fingerprint density at radius 1 is 0.370 bits per heavy atom. The van der Waals surface area contributed by atoms with E-state index in [1.54, 1.807) is 0 Å². The largest absolute Gasteiger partial charge is 0.390 e. The second kappa shape index (κ2) is 32.9. The molecule has 0 heterocycles. The predicted molar refractivity (Wildman–Crippen MR) is 190 cm³/mol. The van der Waals surface area contributed by atoms with E-state index in [0.29, 0.717) is 12.8 Å². The van der Waals surface area contributed by atoms with Crippen LogP contribution in [0.15, 0.2) is 12.2 Å². The summed E-state index contributed by atoms with van der Waals surface area (Å²) in [5, 5.41) is 0. The zero-order valence-electron chi connectivity index (χ0n) is 30.6. The fourth-order valence-electron chi connectivity index (χ4n) is 5.71. The van der Waals surface area contributed by atoms with Crippen LogP contribution >= 0.6 is 0 Å². The zero-order chi connectivity index (χ0) is 34.1. The first-order valence-electron chi connectivity index (χ1n) is 19.4. The summed E-state index contributed by atoms with van der Waals surface area (Å²) < 4.78 is 9.45. The molecule has 0 aliphatic carbocycles. The molecule has 0 aromatic heterocycles. The molecule has 46 heavy (non-hydrogen) atoms. The van der Waals surface area contributed by atoms with E-state index in [0.717, 1.165) is 49.7 Å². The van der Waals surface area contributed by atoms with Crippen LogP contribution in [0.5, 0.6) is 0 Å². The lowest BCUT2D eigenvalue weighted by Gasteiger charge is -2.05. The standard InChI is InChI=1S/C40H72O6/c1-35(2)29-25-21-17-13-9-5-7-11-15-19-23-27-31-37(41)45-39(43)33-34-40(44)46-38(42)32-28-24-20-16-12-8-6-10-14-18-22-26-30-36(3)4/h33-36H,5-32H2,1-4H3/b34-33-. The molecule has 0 radical (unpaired) electrons. The van der Waals surface area contributed by atoms with Crippen molar-refractivity contribution in [1.29, 1.82) is 0 Å². The quantitative estimate of drug-likeness (QED) is 0.0312. The summed E-state index contributed by atoms with van der Waals surface area (Å²) in [6, 6.07) is 0. The third kappa shape index (κ3) is 34.9. The Bertz CT molecular complexity index is 721. The number of carbonyl (C=O) groups excluding carboxylic acids is 4. The molecular weight excluding hydrogens is 576 g/mol. The maximum Gasteiger partial charge on any atom is 0.338 e. The summed E-state index contributed by atoms with van der Waals surface area (Å²) in [7, 11) is 0. The van der Waals surface area contributed by atoms with Gasteiger partial charge in [0.25, 0.3) is 0 Å². The highest BCUT2D eigenvalue weighted by molar-refractivity contribution is 5.98. The molecule has 0 amide bonds. The predicted octanol–water partition coefficient (Wildman–Crippen LogP) is 11.9. The van der Waals surface area contributed by atoms with Gasteiger partial charge in [0.1, 0.15) is 0 Å². The number of hydrogen-bond acceptors (Lipinski definition) is 6. The summed E-state index contributed by atoms with van der Waals surface area (Å²) in [5.74, 6) is -1.39. The van der Waals surface area contributed by atoms with Crippen molar-refractivity contribution < 1.29 is 28.7 Å². The van der Waals surface area contributed by atoms with Crippen molar-refractivity contribution in [3.63, 3.8) is 0 Å². The van der Waals surface area contributed by atoms with Gasteiger partial charge in [-0.1, -0.05) is 182 Å². The van der Waals surface area contributed by atoms with Crippen molar-refractivity contribution in [3.8, 4) is 0 Å². The van der Waals surface area contributed by atoms with Gasteiger partial charge in [-0.25, -0.2) is 9.59 Å². The number of esters is 4. The van der Waals surface area contributed by atoms with Gasteiger partial charge in [0.15, 0.2) is 0 Å². The third-order valence-electron chi connectivity index (χ3n) is 8.61. The van der Waals surface area contributed by atoms with Crippen LogP contribution in [0, 0.1) is 11.8 Å². The average molecular weight is 649 g/mol. The van der Waals surface area contributed by atoms with Gasteiger partial charge in [-0.2, -0.15) is 0 Å². The first-order valence-corrected chi connectivity index (χ1v) is 19.4. The molecule has 0 bridgehead atoms. The van der Waals surface area contributed by atoms with Crippen LogP contribution in [0.3, 0.4) is 0 Å². The van der Waals surface area contributed by atoms with E-state index < -0.39 is 23.9 Å². The molecule has 0 unspecified atom stereocenters. The minimum absolute atomic E-state index is 0.179. The van der Waals surface area contributed by atoms with Crippen molar-refractivity contribution in [1.82, 2.24) is 0 Å². The van der Waals surface area contributed by atoms with Gasteiger partial charge in [-0.15, -0.1) is 0 Å².